The standard InChI is InChI=1S/C23H26F2N4O3/c1-5-28(14(2)3)17-9-7-16(8-10-17)26-20(30)13-29-21(31)23(4,27-22(29)32)18-11-6-15(24)12-19(18)25/h6-12,14H,5,13H2,1-4H3,(H,26,30)(H,27,32). The number of anilines is 2. The summed E-state index contributed by atoms with van der Waals surface area (Å²) in [5.41, 5.74) is -0.400. The van der Waals surface area contributed by atoms with E-state index in [4.69, 9.17) is 0 Å². The Morgan fingerprint density at radius 3 is 2.38 bits per heavy atom. The number of hydrogen-bond donors (Lipinski definition) is 2. The lowest BCUT2D eigenvalue weighted by molar-refractivity contribution is -0.133. The molecular formula is C23H26F2N4O3. The van der Waals surface area contributed by atoms with Crippen LogP contribution >= 0.6 is 0 Å². The highest BCUT2D eigenvalue weighted by molar-refractivity contribution is 6.10. The largest absolute Gasteiger partial charge is 0.369 e. The van der Waals surface area contributed by atoms with Gasteiger partial charge in [-0.25, -0.2) is 13.6 Å². The Bertz CT molecular complexity index is 1040. The van der Waals surface area contributed by atoms with E-state index in [1.165, 1.54) is 6.92 Å². The monoisotopic (exact) mass is 444 g/mol. The first-order valence-corrected chi connectivity index (χ1v) is 10.3. The smallest absolute Gasteiger partial charge is 0.325 e. The molecule has 0 bridgehead atoms. The van der Waals surface area contributed by atoms with Gasteiger partial charge in [0.2, 0.25) is 5.91 Å². The van der Waals surface area contributed by atoms with Crippen molar-refractivity contribution in [2.75, 3.05) is 23.3 Å². The number of hydrogen-bond acceptors (Lipinski definition) is 4. The van der Waals surface area contributed by atoms with Gasteiger partial charge in [-0.1, -0.05) is 6.07 Å². The van der Waals surface area contributed by atoms with E-state index in [2.05, 4.69) is 36.3 Å². The molecule has 1 atom stereocenters. The number of urea groups is 1. The Morgan fingerprint density at radius 1 is 1.16 bits per heavy atom. The van der Waals surface area contributed by atoms with E-state index in [0.29, 0.717) is 22.7 Å². The molecule has 0 aromatic heterocycles. The number of nitrogens with one attached hydrogen (secondary N) is 2. The van der Waals surface area contributed by atoms with E-state index in [-0.39, 0.29) is 5.56 Å². The number of halogens is 2. The molecule has 3 rings (SSSR count). The van der Waals surface area contributed by atoms with E-state index < -0.39 is 41.6 Å². The predicted molar refractivity (Wildman–Crippen MR) is 117 cm³/mol. The molecule has 2 aromatic rings. The van der Waals surface area contributed by atoms with Crippen LogP contribution in [0.3, 0.4) is 0 Å². The van der Waals surface area contributed by atoms with Gasteiger partial charge in [0.05, 0.1) is 0 Å². The van der Waals surface area contributed by atoms with Gasteiger partial charge in [0.15, 0.2) is 0 Å². The van der Waals surface area contributed by atoms with Crippen molar-refractivity contribution in [1.82, 2.24) is 10.2 Å². The second-order valence-electron chi connectivity index (χ2n) is 8.05. The number of carbonyl (C=O) groups excluding carboxylic acids is 3. The minimum Gasteiger partial charge on any atom is -0.369 e. The van der Waals surface area contributed by atoms with Crippen molar-refractivity contribution in [2.24, 2.45) is 0 Å². The molecule has 7 nitrogen and oxygen atoms in total. The summed E-state index contributed by atoms with van der Waals surface area (Å²) in [5.74, 6) is -3.14. The third-order valence-electron chi connectivity index (χ3n) is 5.49. The van der Waals surface area contributed by atoms with Gasteiger partial charge < -0.3 is 15.5 Å². The van der Waals surface area contributed by atoms with Crippen molar-refractivity contribution in [1.29, 1.82) is 0 Å². The molecule has 2 N–H and O–H groups in total. The minimum absolute atomic E-state index is 0.179. The molecule has 1 heterocycles. The fourth-order valence-electron chi connectivity index (χ4n) is 3.84. The van der Waals surface area contributed by atoms with Crippen LogP contribution in [0.1, 0.15) is 33.3 Å². The van der Waals surface area contributed by atoms with E-state index >= 15 is 0 Å². The highest BCUT2D eigenvalue weighted by Crippen LogP contribution is 2.31. The van der Waals surface area contributed by atoms with Crippen LogP contribution < -0.4 is 15.5 Å². The maximum Gasteiger partial charge on any atom is 0.325 e. The zero-order valence-electron chi connectivity index (χ0n) is 18.4. The average Bonchev–Trinajstić information content (AvgIpc) is 2.93. The number of amides is 4. The Morgan fingerprint density at radius 2 is 1.81 bits per heavy atom. The molecule has 0 saturated carbocycles. The van der Waals surface area contributed by atoms with E-state index in [1.807, 2.05) is 12.1 Å². The molecule has 170 valence electrons. The first-order valence-electron chi connectivity index (χ1n) is 10.3. The summed E-state index contributed by atoms with van der Waals surface area (Å²) < 4.78 is 27.5. The molecule has 1 saturated heterocycles. The average molecular weight is 444 g/mol. The van der Waals surface area contributed by atoms with Gasteiger partial charge in [-0.3, -0.25) is 14.5 Å². The Balaban J connectivity index is 1.70. The SMILES string of the molecule is CCN(c1ccc(NC(=O)CN2C(=O)NC(C)(c3ccc(F)cc3F)C2=O)cc1)C(C)C. The topological polar surface area (TPSA) is 81.8 Å². The molecule has 1 aliphatic rings. The minimum atomic E-state index is -1.74. The lowest BCUT2D eigenvalue weighted by Gasteiger charge is -2.27. The third-order valence-corrected chi connectivity index (χ3v) is 5.49. The highest BCUT2D eigenvalue weighted by Gasteiger charge is 2.50. The van der Waals surface area contributed by atoms with E-state index in [1.54, 1.807) is 12.1 Å². The number of nitrogens with zero attached hydrogens (tertiary/aromatic N) is 2. The van der Waals surface area contributed by atoms with Gasteiger partial charge >= 0.3 is 6.03 Å². The van der Waals surface area contributed by atoms with Gasteiger partial charge in [0.1, 0.15) is 23.7 Å². The molecule has 1 unspecified atom stereocenters. The van der Waals surface area contributed by atoms with Crippen LogP contribution in [0.15, 0.2) is 42.5 Å². The summed E-state index contributed by atoms with van der Waals surface area (Å²) in [6.07, 6.45) is 0. The van der Waals surface area contributed by atoms with Gasteiger partial charge in [-0.05, 0) is 58.0 Å². The van der Waals surface area contributed by atoms with Crippen LogP contribution in [0.5, 0.6) is 0 Å². The lowest BCUT2D eigenvalue weighted by Crippen LogP contribution is -2.42. The molecule has 32 heavy (non-hydrogen) atoms. The Kier molecular flexibility index (Phi) is 6.47. The highest BCUT2D eigenvalue weighted by atomic mass is 19.1. The lowest BCUT2D eigenvalue weighted by atomic mass is 9.91. The summed E-state index contributed by atoms with van der Waals surface area (Å²) >= 11 is 0. The molecule has 9 heteroatoms. The zero-order valence-corrected chi connectivity index (χ0v) is 18.4. The van der Waals surface area contributed by atoms with Crippen LogP contribution in [0.2, 0.25) is 0 Å². The van der Waals surface area contributed by atoms with E-state index in [9.17, 15) is 23.2 Å². The fourth-order valence-corrected chi connectivity index (χ4v) is 3.84. The van der Waals surface area contributed by atoms with Crippen molar-refractivity contribution in [2.45, 2.75) is 39.3 Å². The van der Waals surface area contributed by atoms with Crippen molar-refractivity contribution >= 4 is 29.2 Å². The van der Waals surface area contributed by atoms with Gasteiger partial charge in [-0.2, -0.15) is 0 Å². The normalized spacial score (nSPS) is 18.2. The van der Waals surface area contributed by atoms with Crippen LogP contribution in [-0.2, 0) is 15.1 Å². The van der Waals surface area contributed by atoms with Crippen LogP contribution in [-0.4, -0.2) is 41.9 Å². The third kappa shape index (κ3) is 4.42. The second kappa shape index (κ2) is 8.94. The van der Waals surface area contributed by atoms with Crippen molar-refractivity contribution in [3.8, 4) is 0 Å². The molecule has 0 spiro atoms. The van der Waals surface area contributed by atoms with Crippen LogP contribution in [0, 0.1) is 11.6 Å². The molecule has 4 amide bonds. The molecule has 2 aromatic carbocycles. The zero-order chi connectivity index (χ0) is 23.6. The Hall–Kier alpha value is -3.49. The summed E-state index contributed by atoms with van der Waals surface area (Å²) in [4.78, 5) is 40.6. The van der Waals surface area contributed by atoms with Crippen molar-refractivity contribution in [3.05, 3.63) is 59.7 Å². The van der Waals surface area contributed by atoms with Gasteiger partial charge in [0.25, 0.3) is 5.91 Å². The summed E-state index contributed by atoms with van der Waals surface area (Å²) in [7, 11) is 0. The molecule has 0 radical (unpaired) electrons. The summed E-state index contributed by atoms with van der Waals surface area (Å²) in [6, 6.07) is 9.46. The number of carbonyl (C=O) groups is 3. The summed E-state index contributed by atoms with van der Waals surface area (Å²) in [5, 5.41) is 5.06. The fraction of sp³-hybridized carbons (Fsp3) is 0.348. The molecule has 1 fully saturated rings. The number of rotatable bonds is 7. The second-order valence-corrected chi connectivity index (χ2v) is 8.05. The van der Waals surface area contributed by atoms with Crippen LogP contribution in [0.25, 0.3) is 0 Å². The van der Waals surface area contributed by atoms with Gasteiger partial charge in [-0.15, -0.1) is 0 Å². The van der Waals surface area contributed by atoms with Crippen molar-refractivity contribution in [3.63, 3.8) is 0 Å². The maximum absolute atomic E-state index is 14.2. The quantitative estimate of drug-likeness (QED) is 0.640. The van der Waals surface area contributed by atoms with E-state index in [0.717, 1.165) is 24.4 Å². The first-order chi connectivity index (χ1) is 15.1. The Labute approximate surface area is 185 Å². The molecular weight excluding hydrogens is 418 g/mol. The first kappa shape index (κ1) is 23.2. The van der Waals surface area contributed by atoms with Crippen LogP contribution in [0.4, 0.5) is 25.0 Å². The maximum atomic E-state index is 14.2. The van der Waals surface area contributed by atoms with Crippen molar-refractivity contribution < 1.29 is 23.2 Å². The number of benzene rings is 2. The molecule has 1 aliphatic heterocycles. The number of imide groups is 1. The predicted octanol–water partition coefficient (Wildman–Crippen LogP) is 3.61. The van der Waals surface area contributed by atoms with Gasteiger partial charge in [0, 0.05) is 35.6 Å². The molecule has 0 aliphatic carbocycles. The summed E-state index contributed by atoms with van der Waals surface area (Å²) in [6.45, 7) is 7.83.